The van der Waals surface area contributed by atoms with E-state index in [9.17, 15) is 19.6 Å². The van der Waals surface area contributed by atoms with Crippen molar-refractivity contribution in [1.82, 2.24) is 0 Å². The Kier molecular flexibility index (Phi) is 2.75. The Balaban J connectivity index is 3.58. The first-order chi connectivity index (χ1) is 7.34. The van der Waals surface area contributed by atoms with Crippen molar-refractivity contribution >= 4 is 17.9 Å². The largest absolute Gasteiger partial charge is 0.618 e. The molecule has 8 nitrogen and oxygen atoms in total. The van der Waals surface area contributed by atoms with E-state index >= 15 is 0 Å². The van der Waals surface area contributed by atoms with Gasteiger partial charge in [0.1, 0.15) is 11.1 Å². The topological polar surface area (TPSA) is 139 Å². The van der Waals surface area contributed by atoms with Crippen LogP contribution in [0.3, 0.4) is 0 Å². The Labute approximate surface area is 87.6 Å². The highest BCUT2D eigenvalue weighted by atomic mass is 16.5. The Morgan fingerprint density at radius 1 is 1.06 bits per heavy atom. The van der Waals surface area contributed by atoms with Gasteiger partial charge in [0.2, 0.25) is 0 Å². The number of aromatic nitrogens is 1. The molecule has 1 heterocycles. The zero-order chi connectivity index (χ0) is 12.5. The summed E-state index contributed by atoms with van der Waals surface area (Å²) in [7, 11) is 0. The van der Waals surface area contributed by atoms with Gasteiger partial charge in [-0.25, -0.2) is 14.4 Å². The van der Waals surface area contributed by atoms with Gasteiger partial charge in [-0.3, -0.25) is 0 Å². The Morgan fingerprint density at radius 3 is 2.00 bits per heavy atom. The van der Waals surface area contributed by atoms with E-state index in [1.165, 1.54) is 0 Å². The van der Waals surface area contributed by atoms with Crippen LogP contribution in [-0.2, 0) is 0 Å². The van der Waals surface area contributed by atoms with Gasteiger partial charge in [-0.1, -0.05) is 0 Å². The van der Waals surface area contributed by atoms with E-state index in [0.29, 0.717) is 12.3 Å². The van der Waals surface area contributed by atoms with Gasteiger partial charge in [0.25, 0.3) is 0 Å². The predicted molar refractivity (Wildman–Crippen MR) is 46.3 cm³/mol. The summed E-state index contributed by atoms with van der Waals surface area (Å²) in [5.41, 5.74) is -2.50. The maximum atomic E-state index is 11.1. The fraction of sp³-hybridized carbons (Fsp3) is 0. The first-order valence-corrected chi connectivity index (χ1v) is 3.81. The van der Waals surface area contributed by atoms with E-state index in [1.807, 2.05) is 0 Å². The summed E-state index contributed by atoms with van der Waals surface area (Å²) in [5, 5.41) is 36.9. The highest BCUT2D eigenvalue weighted by Crippen LogP contribution is 2.08. The van der Waals surface area contributed by atoms with Gasteiger partial charge < -0.3 is 20.5 Å². The number of carboxylic acids is 3. The van der Waals surface area contributed by atoms with E-state index in [-0.39, 0.29) is 4.73 Å². The van der Waals surface area contributed by atoms with Crippen molar-refractivity contribution < 1.29 is 34.4 Å². The lowest BCUT2D eigenvalue weighted by atomic mass is 10.1. The molecule has 0 aliphatic heterocycles. The molecule has 0 aromatic carbocycles. The molecule has 84 valence electrons. The average molecular weight is 227 g/mol. The van der Waals surface area contributed by atoms with Crippen molar-refractivity contribution in [2.45, 2.75) is 0 Å². The molecule has 1 aromatic heterocycles. The molecule has 0 unspecified atom stereocenters. The van der Waals surface area contributed by atoms with Crippen molar-refractivity contribution in [2.75, 3.05) is 0 Å². The number of hydrogen-bond acceptors (Lipinski definition) is 4. The molecular weight excluding hydrogens is 222 g/mol. The van der Waals surface area contributed by atoms with Crippen molar-refractivity contribution in [2.24, 2.45) is 0 Å². The lowest BCUT2D eigenvalue weighted by Gasteiger charge is -2.04. The monoisotopic (exact) mass is 227 g/mol. The van der Waals surface area contributed by atoms with Gasteiger partial charge in [0.05, 0.1) is 0 Å². The number of carbonyl (C=O) groups is 3. The molecule has 0 fully saturated rings. The summed E-state index contributed by atoms with van der Waals surface area (Å²) in [4.78, 5) is 31.8. The molecule has 3 N–H and O–H groups in total. The summed E-state index contributed by atoms with van der Waals surface area (Å²) in [5.74, 6) is -4.96. The smallest absolute Gasteiger partial charge is 0.403 e. The molecule has 0 amide bonds. The number of carboxylic acid groups (broad SMARTS) is 3. The lowest BCUT2D eigenvalue weighted by Crippen LogP contribution is -2.38. The van der Waals surface area contributed by atoms with Crippen LogP contribution in [-0.4, -0.2) is 33.2 Å². The third-order valence-corrected chi connectivity index (χ3v) is 1.71. The Bertz CT molecular complexity index is 493. The van der Waals surface area contributed by atoms with E-state index in [4.69, 9.17) is 15.3 Å². The summed E-state index contributed by atoms with van der Waals surface area (Å²) >= 11 is 0. The number of rotatable bonds is 3. The number of nitrogens with zero attached hydrogens (tertiary/aromatic N) is 1. The van der Waals surface area contributed by atoms with Gasteiger partial charge in [-0.05, 0) is 6.07 Å². The maximum absolute atomic E-state index is 11.1. The molecular formula is C8H5NO7. The third kappa shape index (κ3) is 1.90. The second-order valence-electron chi connectivity index (χ2n) is 2.73. The van der Waals surface area contributed by atoms with Gasteiger partial charge >= 0.3 is 23.6 Å². The third-order valence-electron chi connectivity index (χ3n) is 1.71. The first kappa shape index (κ1) is 11.4. The van der Waals surface area contributed by atoms with Gasteiger partial charge in [-0.2, -0.15) is 4.73 Å². The number of hydrogen-bond donors (Lipinski definition) is 3. The second kappa shape index (κ2) is 3.85. The van der Waals surface area contributed by atoms with Crippen LogP contribution in [0.4, 0.5) is 0 Å². The lowest BCUT2D eigenvalue weighted by molar-refractivity contribution is -0.608. The summed E-state index contributed by atoms with van der Waals surface area (Å²) in [6.07, 6.45) is 0.484. The van der Waals surface area contributed by atoms with Crippen LogP contribution in [0.1, 0.15) is 31.2 Å². The van der Waals surface area contributed by atoms with Crippen molar-refractivity contribution in [1.29, 1.82) is 0 Å². The molecule has 0 bridgehead atoms. The first-order valence-electron chi connectivity index (χ1n) is 3.81. The van der Waals surface area contributed by atoms with Gasteiger partial charge in [0, 0.05) is 0 Å². The molecule has 0 radical (unpaired) electrons. The molecule has 0 spiro atoms. The minimum Gasteiger partial charge on any atom is -0.618 e. The molecule has 0 aliphatic rings. The molecule has 0 saturated carbocycles. The zero-order valence-electron chi connectivity index (χ0n) is 7.58. The SMILES string of the molecule is O=C(O)c1cc(C(=O)O)c(C(=O)O)[n+]([O-])c1. The van der Waals surface area contributed by atoms with Gasteiger partial charge in [-0.15, -0.1) is 0 Å². The fourth-order valence-electron chi connectivity index (χ4n) is 1.06. The molecule has 16 heavy (non-hydrogen) atoms. The molecule has 1 rings (SSSR count). The molecule has 0 atom stereocenters. The van der Waals surface area contributed by atoms with E-state index in [2.05, 4.69) is 0 Å². The van der Waals surface area contributed by atoms with Crippen LogP contribution >= 0.6 is 0 Å². The van der Waals surface area contributed by atoms with E-state index in [0.717, 1.165) is 0 Å². The van der Waals surface area contributed by atoms with Crippen molar-refractivity contribution in [3.63, 3.8) is 0 Å². The zero-order valence-corrected chi connectivity index (χ0v) is 7.58. The summed E-state index contributed by atoms with van der Waals surface area (Å²) in [6.45, 7) is 0. The van der Waals surface area contributed by atoms with Gasteiger partial charge in [0.15, 0.2) is 6.20 Å². The highest BCUT2D eigenvalue weighted by Gasteiger charge is 2.28. The summed E-state index contributed by atoms with van der Waals surface area (Å²) < 4.78 is -0.296. The fourth-order valence-corrected chi connectivity index (χ4v) is 1.06. The average Bonchev–Trinajstić information content (AvgIpc) is 2.15. The minimum absolute atomic E-state index is 0.296. The van der Waals surface area contributed by atoms with Crippen molar-refractivity contribution in [3.05, 3.63) is 34.3 Å². The predicted octanol–water partition coefficient (Wildman–Crippen LogP) is -0.585. The van der Waals surface area contributed by atoms with Crippen molar-refractivity contribution in [3.8, 4) is 0 Å². The van der Waals surface area contributed by atoms with Crippen LogP contribution in [0.2, 0.25) is 0 Å². The van der Waals surface area contributed by atoms with E-state index < -0.39 is 34.7 Å². The summed E-state index contributed by atoms with van der Waals surface area (Å²) in [6, 6.07) is 0.614. The Morgan fingerprint density at radius 2 is 1.62 bits per heavy atom. The maximum Gasteiger partial charge on any atom is 0.403 e. The quantitative estimate of drug-likeness (QED) is 0.463. The van der Waals surface area contributed by atoms with E-state index in [1.54, 1.807) is 0 Å². The van der Waals surface area contributed by atoms with Crippen LogP contribution in [0, 0.1) is 5.21 Å². The molecule has 0 saturated heterocycles. The van der Waals surface area contributed by atoms with Crippen LogP contribution in [0.25, 0.3) is 0 Å². The van der Waals surface area contributed by atoms with Crippen LogP contribution in [0.5, 0.6) is 0 Å². The highest BCUT2D eigenvalue weighted by molar-refractivity contribution is 6.01. The minimum atomic E-state index is -1.75. The number of aromatic carboxylic acids is 3. The molecule has 0 aliphatic carbocycles. The van der Waals surface area contributed by atoms with Crippen LogP contribution in [0.15, 0.2) is 12.3 Å². The molecule has 8 heteroatoms. The van der Waals surface area contributed by atoms with Crippen LogP contribution < -0.4 is 4.73 Å². The second-order valence-corrected chi connectivity index (χ2v) is 2.73. The standard InChI is InChI=1S/C8H5NO7/c10-6(11)3-1-4(7(12)13)5(8(14)15)9(16)2-3/h1-2H,(H,10,11)(H,12,13)(H,14,15). The normalized spacial score (nSPS) is 9.75. The molecule has 1 aromatic rings. The Hall–Kier alpha value is -2.64. The number of pyridine rings is 1.